The minimum atomic E-state index is -0.644. The normalized spacial score (nSPS) is 11.4. The molecule has 0 bridgehead atoms. The van der Waals surface area contributed by atoms with Crippen molar-refractivity contribution in [2.24, 2.45) is 0 Å². The highest BCUT2D eigenvalue weighted by molar-refractivity contribution is 6.30. The first-order valence-electron chi connectivity index (χ1n) is 9.53. The molecule has 7 heteroatoms. The van der Waals surface area contributed by atoms with Crippen molar-refractivity contribution in [3.63, 3.8) is 0 Å². The maximum absolute atomic E-state index is 12.9. The fraction of sp³-hybridized carbons (Fsp3) is 0.364. The Balaban J connectivity index is 2.14. The van der Waals surface area contributed by atoms with Gasteiger partial charge < -0.3 is 19.7 Å². The van der Waals surface area contributed by atoms with Gasteiger partial charge in [0.15, 0.2) is 6.61 Å². The van der Waals surface area contributed by atoms with Gasteiger partial charge in [-0.1, -0.05) is 30.7 Å². The van der Waals surface area contributed by atoms with Crippen molar-refractivity contribution in [3.8, 4) is 11.5 Å². The molecule has 2 aromatic rings. The second kappa shape index (κ2) is 11.3. The first-order valence-corrected chi connectivity index (χ1v) is 9.90. The lowest BCUT2D eigenvalue weighted by Gasteiger charge is -2.28. The molecule has 0 saturated heterocycles. The quantitative estimate of drug-likeness (QED) is 0.639. The molecule has 0 heterocycles. The first kappa shape index (κ1) is 22.6. The molecule has 29 heavy (non-hydrogen) atoms. The highest BCUT2D eigenvalue weighted by Gasteiger charge is 2.26. The fourth-order valence-corrected chi connectivity index (χ4v) is 2.83. The van der Waals surface area contributed by atoms with Gasteiger partial charge in [0.25, 0.3) is 5.91 Å². The molecule has 0 aromatic heterocycles. The number of carbonyl (C=O) groups is 2. The third-order valence-electron chi connectivity index (χ3n) is 4.38. The van der Waals surface area contributed by atoms with Gasteiger partial charge in [-0.25, -0.2) is 0 Å². The minimum absolute atomic E-state index is 0.184. The summed E-state index contributed by atoms with van der Waals surface area (Å²) in [6, 6.07) is 13.5. The van der Waals surface area contributed by atoms with Gasteiger partial charge in [-0.15, -0.1) is 0 Å². The van der Waals surface area contributed by atoms with Gasteiger partial charge in [-0.05, 0) is 55.3 Å². The van der Waals surface area contributed by atoms with E-state index in [1.807, 2.05) is 31.2 Å². The molecule has 2 aromatic carbocycles. The summed E-state index contributed by atoms with van der Waals surface area (Å²) in [7, 11) is 1.59. The number of halogens is 1. The van der Waals surface area contributed by atoms with Gasteiger partial charge in [-0.2, -0.15) is 0 Å². The summed E-state index contributed by atoms with van der Waals surface area (Å²) in [5, 5.41) is 3.43. The molecule has 6 nitrogen and oxygen atoms in total. The Labute approximate surface area is 176 Å². The predicted octanol–water partition coefficient (Wildman–Crippen LogP) is 3.67. The van der Waals surface area contributed by atoms with E-state index in [0.29, 0.717) is 23.1 Å². The topological polar surface area (TPSA) is 67.9 Å². The van der Waals surface area contributed by atoms with E-state index in [0.717, 1.165) is 12.0 Å². The number of amides is 2. The fourth-order valence-electron chi connectivity index (χ4n) is 2.70. The van der Waals surface area contributed by atoms with E-state index in [2.05, 4.69) is 5.32 Å². The molecule has 0 saturated carbocycles. The lowest BCUT2D eigenvalue weighted by atomic mass is 10.1. The molecule has 0 fully saturated rings. The second-order valence-electron chi connectivity index (χ2n) is 6.58. The summed E-state index contributed by atoms with van der Waals surface area (Å²) in [4.78, 5) is 26.9. The lowest BCUT2D eigenvalue weighted by molar-refractivity contribution is -0.142. The number of ether oxygens (including phenoxy) is 2. The Hall–Kier alpha value is -2.73. The van der Waals surface area contributed by atoms with Crippen molar-refractivity contribution < 1.29 is 19.1 Å². The summed E-state index contributed by atoms with van der Waals surface area (Å²) in [5.74, 6) is 0.735. The van der Waals surface area contributed by atoms with Crippen molar-refractivity contribution >= 4 is 23.4 Å². The van der Waals surface area contributed by atoms with Gasteiger partial charge in [0.2, 0.25) is 5.91 Å². The Morgan fingerprint density at radius 3 is 2.52 bits per heavy atom. The number of benzene rings is 2. The standard InChI is InChI=1S/C22H27ClN2O4/c1-4-12-24-22(27)16(2)25(14-17-6-5-7-20(13-17)28-3)21(26)15-29-19-10-8-18(23)9-11-19/h5-11,13,16H,4,12,14-15H2,1-3H3,(H,24,27)/t16-/m1/s1. The van der Waals surface area contributed by atoms with Crippen LogP contribution in [0.5, 0.6) is 11.5 Å². The van der Waals surface area contributed by atoms with E-state index in [1.54, 1.807) is 38.3 Å². The highest BCUT2D eigenvalue weighted by atomic mass is 35.5. The van der Waals surface area contributed by atoms with Gasteiger partial charge >= 0.3 is 0 Å². The molecule has 0 spiro atoms. The molecular weight excluding hydrogens is 392 g/mol. The van der Waals surface area contributed by atoms with Crippen molar-refractivity contribution in [2.45, 2.75) is 32.9 Å². The van der Waals surface area contributed by atoms with Crippen LogP contribution in [0.3, 0.4) is 0 Å². The van der Waals surface area contributed by atoms with Gasteiger partial charge in [-0.3, -0.25) is 9.59 Å². The monoisotopic (exact) mass is 418 g/mol. The molecule has 2 amide bonds. The van der Waals surface area contributed by atoms with Gasteiger partial charge in [0.05, 0.1) is 7.11 Å². The SMILES string of the molecule is CCCNC(=O)[C@@H](C)N(Cc1cccc(OC)c1)C(=O)COc1ccc(Cl)cc1. The van der Waals surface area contributed by atoms with Crippen molar-refractivity contribution in [2.75, 3.05) is 20.3 Å². The Morgan fingerprint density at radius 1 is 1.14 bits per heavy atom. The zero-order valence-corrected chi connectivity index (χ0v) is 17.7. The van der Waals surface area contributed by atoms with Crippen LogP contribution < -0.4 is 14.8 Å². The Morgan fingerprint density at radius 2 is 1.86 bits per heavy atom. The Bertz CT molecular complexity index is 811. The van der Waals surface area contributed by atoms with Crippen LogP contribution in [0.15, 0.2) is 48.5 Å². The number of rotatable bonds is 10. The average Bonchev–Trinajstić information content (AvgIpc) is 2.74. The van der Waals surface area contributed by atoms with E-state index in [-0.39, 0.29) is 25.0 Å². The van der Waals surface area contributed by atoms with Crippen molar-refractivity contribution in [3.05, 3.63) is 59.1 Å². The van der Waals surface area contributed by atoms with E-state index in [9.17, 15) is 9.59 Å². The lowest BCUT2D eigenvalue weighted by Crippen LogP contribution is -2.49. The predicted molar refractivity (Wildman–Crippen MR) is 113 cm³/mol. The second-order valence-corrected chi connectivity index (χ2v) is 7.02. The Kier molecular flexibility index (Phi) is 8.80. The van der Waals surface area contributed by atoms with Crippen LogP contribution in [0.4, 0.5) is 0 Å². The smallest absolute Gasteiger partial charge is 0.261 e. The largest absolute Gasteiger partial charge is 0.497 e. The molecule has 0 unspecified atom stereocenters. The molecule has 156 valence electrons. The van der Waals surface area contributed by atoms with E-state index in [1.165, 1.54) is 4.90 Å². The van der Waals surface area contributed by atoms with Crippen LogP contribution in [-0.4, -0.2) is 43.0 Å². The van der Waals surface area contributed by atoms with Crippen LogP contribution in [0.25, 0.3) is 0 Å². The molecule has 0 aliphatic rings. The number of hydrogen-bond acceptors (Lipinski definition) is 4. The van der Waals surface area contributed by atoms with Crippen LogP contribution in [0.1, 0.15) is 25.8 Å². The van der Waals surface area contributed by atoms with Gasteiger partial charge in [0, 0.05) is 18.1 Å². The molecular formula is C22H27ClN2O4. The molecule has 1 atom stereocenters. The van der Waals surface area contributed by atoms with E-state index >= 15 is 0 Å². The van der Waals surface area contributed by atoms with E-state index in [4.69, 9.17) is 21.1 Å². The van der Waals surface area contributed by atoms with E-state index < -0.39 is 6.04 Å². The zero-order valence-electron chi connectivity index (χ0n) is 17.0. The summed E-state index contributed by atoms with van der Waals surface area (Å²) >= 11 is 5.87. The number of methoxy groups -OCH3 is 1. The van der Waals surface area contributed by atoms with Crippen LogP contribution in [0, 0.1) is 0 Å². The number of carbonyl (C=O) groups excluding carboxylic acids is 2. The molecule has 1 N–H and O–H groups in total. The van der Waals surface area contributed by atoms with Crippen LogP contribution in [-0.2, 0) is 16.1 Å². The number of nitrogens with zero attached hydrogens (tertiary/aromatic N) is 1. The van der Waals surface area contributed by atoms with Crippen LogP contribution >= 0.6 is 11.6 Å². The maximum atomic E-state index is 12.9. The highest BCUT2D eigenvalue weighted by Crippen LogP contribution is 2.18. The summed E-state index contributed by atoms with van der Waals surface area (Å²) < 4.78 is 10.8. The molecule has 0 aliphatic carbocycles. The van der Waals surface area contributed by atoms with Crippen molar-refractivity contribution in [1.82, 2.24) is 10.2 Å². The summed E-state index contributed by atoms with van der Waals surface area (Å²) in [6.45, 7) is 4.33. The summed E-state index contributed by atoms with van der Waals surface area (Å²) in [5.41, 5.74) is 0.860. The van der Waals surface area contributed by atoms with Crippen molar-refractivity contribution in [1.29, 1.82) is 0 Å². The van der Waals surface area contributed by atoms with Crippen LogP contribution in [0.2, 0.25) is 5.02 Å². The summed E-state index contributed by atoms with van der Waals surface area (Å²) in [6.07, 6.45) is 0.821. The number of hydrogen-bond donors (Lipinski definition) is 1. The zero-order chi connectivity index (χ0) is 21.2. The third-order valence-corrected chi connectivity index (χ3v) is 4.63. The minimum Gasteiger partial charge on any atom is -0.497 e. The molecule has 2 rings (SSSR count). The molecule has 0 aliphatic heterocycles. The number of nitrogens with one attached hydrogen (secondary N) is 1. The maximum Gasteiger partial charge on any atom is 0.261 e. The van der Waals surface area contributed by atoms with Gasteiger partial charge in [0.1, 0.15) is 17.5 Å². The first-order chi connectivity index (χ1) is 13.9. The molecule has 0 radical (unpaired) electrons. The third kappa shape index (κ3) is 6.98. The average molecular weight is 419 g/mol.